The summed E-state index contributed by atoms with van der Waals surface area (Å²) in [6, 6.07) is 12.9. The Morgan fingerprint density at radius 1 is 0.941 bits per heavy atom. The van der Waals surface area contributed by atoms with E-state index in [-0.39, 0.29) is 0 Å². The van der Waals surface area contributed by atoms with E-state index in [9.17, 15) is 4.57 Å². The molecule has 1 heterocycles. The molecule has 9 heteroatoms. The van der Waals surface area contributed by atoms with Gasteiger partial charge in [-0.15, -0.1) is 0 Å². The quantitative estimate of drug-likeness (QED) is 0.200. The molecule has 0 spiro atoms. The van der Waals surface area contributed by atoms with E-state index in [1.807, 2.05) is 63.2 Å². The van der Waals surface area contributed by atoms with Crippen LogP contribution in [-0.2, 0) is 13.6 Å². The molecule has 0 amide bonds. The number of phosphoric ester groups is 1. The molecular formula is C25H34N3O5P. The highest BCUT2D eigenvalue weighted by molar-refractivity contribution is 7.48. The lowest BCUT2D eigenvalue weighted by molar-refractivity contribution is 0.152. The molecule has 0 aliphatic heterocycles. The van der Waals surface area contributed by atoms with Gasteiger partial charge in [-0.05, 0) is 43.2 Å². The van der Waals surface area contributed by atoms with Crippen LogP contribution in [0.5, 0.6) is 11.5 Å². The molecule has 1 aromatic heterocycles. The molecule has 0 aliphatic rings. The Kier molecular flexibility index (Phi) is 9.28. The second-order valence-corrected chi connectivity index (χ2v) is 9.65. The van der Waals surface area contributed by atoms with E-state index in [0.29, 0.717) is 30.4 Å². The third-order valence-electron chi connectivity index (χ3n) is 5.14. The van der Waals surface area contributed by atoms with Crippen LogP contribution in [0.3, 0.4) is 0 Å². The lowest BCUT2D eigenvalue weighted by Crippen LogP contribution is -2.12. The Hall–Kier alpha value is -2.67. The van der Waals surface area contributed by atoms with Crippen LogP contribution in [0.1, 0.15) is 39.5 Å². The van der Waals surface area contributed by atoms with Crippen molar-refractivity contribution in [2.75, 3.05) is 39.3 Å². The zero-order valence-electron chi connectivity index (χ0n) is 20.6. The molecule has 184 valence electrons. The number of hydrogen-bond donors (Lipinski definition) is 0. The van der Waals surface area contributed by atoms with Gasteiger partial charge in [-0.2, -0.15) is 0 Å². The normalized spacial score (nSPS) is 11.6. The van der Waals surface area contributed by atoms with Crippen molar-refractivity contribution in [2.24, 2.45) is 0 Å². The molecule has 0 unspecified atom stereocenters. The Balaban J connectivity index is 2.03. The molecule has 2 aromatic carbocycles. The van der Waals surface area contributed by atoms with Crippen molar-refractivity contribution in [3.63, 3.8) is 0 Å². The minimum absolute atomic E-state index is 0.293. The smallest absolute Gasteiger partial charge is 0.497 e. The van der Waals surface area contributed by atoms with E-state index in [2.05, 4.69) is 0 Å². The fourth-order valence-electron chi connectivity index (χ4n) is 3.26. The number of methoxy groups -OCH3 is 1. The second kappa shape index (κ2) is 12.2. The van der Waals surface area contributed by atoms with E-state index in [4.69, 9.17) is 28.3 Å². The monoisotopic (exact) mass is 487 g/mol. The van der Waals surface area contributed by atoms with Crippen molar-refractivity contribution < 1.29 is 22.9 Å². The first-order chi connectivity index (χ1) is 16.4. The molecular weight excluding hydrogens is 453 g/mol. The van der Waals surface area contributed by atoms with Crippen LogP contribution in [0.4, 0.5) is 5.82 Å². The first-order valence-corrected chi connectivity index (χ1v) is 13.1. The maximum absolute atomic E-state index is 13.4. The van der Waals surface area contributed by atoms with Gasteiger partial charge in [0, 0.05) is 19.5 Å². The number of para-hydroxylation sites is 1. The Morgan fingerprint density at radius 2 is 1.62 bits per heavy atom. The number of phosphoric acid groups is 1. The number of nitrogens with zero attached hydrogens (tertiary/aromatic N) is 3. The van der Waals surface area contributed by atoms with Crippen LogP contribution in [0.25, 0.3) is 22.3 Å². The predicted octanol–water partition coefficient (Wildman–Crippen LogP) is 6.49. The highest BCUT2D eigenvalue weighted by Crippen LogP contribution is 2.51. The van der Waals surface area contributed by atoms with Gasteiger partial charge in [0.1, 0.15) is 17.3 Å². The van der Waals surface area contributed by atoms with E-state index in [1.165, 1.54) is 0 Å². The summed E-state index contributed by atoms with van der Waals surface area (Å²) in [4.78, 5) is 11.5. The first-order valence-electron chi connectivity index (χ1n) is 11.6. The van der Waals surface area contributed by atoms with Crippen LogP contribution in [0.2, 0.25) is 0 Å². The summed E-state index contributed by atoms with van der Waals surface area (Å²) in [5, 5.41) is 0.864. The minimum Gasteiger partial charge on any atom is -0.497 e. The third kappa shape index (κ3) is 6.47. The van der Waals surface area contributed by atoms with Gasteiger partial charge in [-0.25, -0.2) is 14.5 Å². The highest BCUT2D eigenvalue weighted by Gasteiger charge is 2.30. The number of unbranched alkanes of at least 4 members (excludes halogenated alkanes) is 2. The average molecular weight is 488 g/mol. The van der Waals surface area contributed by atoms with Crippen LogP contribution in [-0.4, -0.2) is 44.4 Å². The number of hydrogen-bond acceptors (Lipinski definition) is 8. The molecule has 0 atom stereocenters. The van der Waals surface area contributed by atoms with Crippen LogP contribution in [0.15, 0.2) is 42.5 Å². The summed E-state index contributed by atoms with van der Waals surface area (Å²) >= 11 is 0. The standard InChI is InChI=1S/C25H34N3O5P/c1-6-8-16-31-34(29,32-17-9-7-2)33-23-13-11-10-12-20(23)24-26-22-15-14-19(30-5)18-21(22)25(27-24)28(3)4/h10-15,18H,6-9,16-17H2,1-5H3. The summed E-state index contributed by atoms with van der Waals surface area (Å²) in [6.07, 6.45) is 3.34. The fourth-order valence-corrected chi connectivity index (χ4v) is 4.55. The third-order valence-corrected chi connectivity index (χ3v) is 6.56. The molecule has 0 bridgehead atoms. The molecule has 0 saturated carbocycles. The van der Waals surface area contributed by atoms with Crippen molar-refractivity contribution in [1.29, 1.82) is 0 Å². The van der Waals surface area contributed by atoms with Crippen molar-refractivity contribution in [3.05, 3.63) is 42.5 Å². The van der Waals surface area contributed by atoms with E-state index < -0.39 is 7.82 Å². The number of fused-ring (bicyclic) bond motifs is 1. The first kappa shape index (κ1) is 25.9. The summed E-state index contributed by atoms with van der Waals surface area (Å²) < 4.78 is 36.0. The Bertz CT molecular complexity index is 1120. The Labute approximate surface area is 201 Å². The van der Waals surface area contributed by atoms with Gasteiger partial charge in [-0.1, -0.05) is 38.8 Å². The van der Waals surface area contributed by atoms with Gasteiger partial charge in [0.25, 0.3) is 0 Å². The molecule has 8 nitrogen and oxygen atoms in total. The maximum Gasteiger partial charge on any atom is 0.530 e. The number of benzene rings is 2. The molecule has 3 rings (SSSR count). The summed E-state index contributed by atoms with van der Waals surface area (Å²) in [5.74, 6) is 2.25. The van der Waals surface area contributed by atoms with Gasteiger partial charge >= 0.3 is 7.82 Å². The summed E-state index contributed by atoms with van der Waals surface area (Å²) in [6.45, 7) is 4.66. The maximum atomic E-state index is 13.4. The molecule has 0 fully saturated rings. The van der Waals surface area contributed by atoms with Crippen LogP contribution >= 0.6 is 7.82 Å². The van der Waals surface area contributed by atoms with Crippen LogP contribution in [0, 0.1) is 0 Å². The fraction of sp³-hybridized carbons (Fsp3) is 0.440. The Morgan fingerprint density at radius 3 is 2.24 bits per heavy atom. The van der Waals surface area contributed by atoms with Crippen molar-refractivity contribution in [2.45, 2.75) is 39.5 Å². The predicted molar refractivity (Wildman–Crippen MR) is 136 cm³/mol. The topological polar surface area (TPSA) is 83.0 Å². The van der Waals surface area contributed by atoms with Gasteiger partial charge in [-0.3, -0.25) is 9.05 Å². The molecule has 0 radical (unpaired) electrons. The lowest BCUT2D eigenvalue weighted by atomic mass is 10.1. The molecule has 3 aromatic rings. The van der Waals surface area contributed by atoms with Crippen molar-refractivity contribution in [3.8, 4) is 22.9 Å². The van der Waals surface area contributed by atoms with Gasteiger partial charge in [0.05, 0.1) is 31.4 Å². The van der Waals surface area contributed by atoms with Crippen molar-refractivity contribution in [1.82, 2.24) is 9.97 Å². The van der Waals surface area contributed by atoms with Gasteiger partial charge < -0.3 is 14.2 Å². The number of aromatic nitrogens is 2. The van der Waals surface area contributed by atoms with E-state index >= 15 is 0 Å². The average Bonchev–Trinajstić information content (AvgIpc) is 2.83. The SMILES string of the molecule is CCCCOP(=O)(OCCCC)Oc1ccccc1-c1nc(N(C)C)c2cc(OC)ccc2n1. The zero-order valence-corrected chi connectivity index (χ0v) is 21.5. The zero-order chi connectivity index (χ0) is 24.6. The number of anilines is 1. The molecule has 0 N–H and O–H groups in total. The van der Waals surface area contributed by atoms with E-state index in [1.54, 1.807) is 19.2 Å². The highest BCUT2D eigenvalue weighted by atomic mass is 31.2. The number of ether oxygens (including phenoxy) is 1. The second-order valence-electron chi connectivity index (χ2n) is 8.06. The van der Waals surface area contributed by atoms with Crippen LogP contribution < -0.4 is 14.2 Å². The van der Waals surface area contributed by atoms with Gasteiger partial charge in [0.15, 0.2) is 5.82 Å². The lowest BCUT2D eigenvalue weighted by Gasteiger charge is -2.21. The summed E-state index contributed by atoms with van der Waals surface area (Å²) in [5.41, 5.74) is 1.35. The summed E-state index contributed by atoms with van der Waals surface area (Å²) in [7, 11) is 1.65. The molecule has 0 aliphatic carbocycles. The number of rotatable bonds is 13. The molecule has 34 heavy (non-hydrogen) atoms. The molecule has 0 saturated heterocycles. The van der Waals surface area contributed by atoms with E-state index in [0.717, 1.165) is 48.2 Å². The minimum atomic E-state index is -3.82. The van der Waals surface area contributed by atoms with Gasteiger partial charge in [0.2, 0.25) is 0 Å². The largest absolute Gasteiger partial charge is 0.530 e. The van der Waals surface area contributed by atoms with Crippen molar-refractivity contribution >= 4 is 24.5 Å².